The zero-order valence-corrected chi connectivity index (χ0v) is 11.1. The first-order chi connectivity index (χ1) is 8.13. The highest BCUT2D eigenvalue weighted by atomic mass is 16.5. The molecule has 1 saturated heterocycles. The van der Waals surface area contributed by atoms with Crippen LogP contribution in [0.3, 0.4) is 0 Å². The molecule has 1 fully saturated rings. The van der Waals surface area contributed by atoms with Gasteiger partial charge in [0.15, 0.2) is 0 Å². The molecule has 1 aliphatic heterocycles. The third-order valence-corrected chi connectivity index (χ3v) is 3.73. The first-order valence-corrected chi connectivity index (χ1v) is 6.26. The molecule has 1 heterocycles. The highest BCUT2D eigenvalue weighted by Gasteiger charge is 2.32. The second-order valence-electron chi connectivity index (χ2n) is 4.90. The summed E-state index contributed by atoms with van der Waals surface area (Å²) in [5, 5.41) is 9.48. The summed E-state index contributed by atoms with van der Waals surface area (Å²) in [6.45, 7) is 4.53. The number of hydrogen-bond donors (Lipinski definition) is 2. The number of methoxy groups -OCH3 is 2. The molecule has 102 valence electrons. The minimum absolute atomic E-state index is 0.0416. The van der Waals surface area contributed by atoms with Crippen LogP contribution in [0.25, 0.3) is 0 Å². The predicted octanol–water partition coefficient (Wildman–Crippen LogP) is -0.322. The van der Waals surface area contributed by atoms with Gasteiger partial charge < -0.3 is 20.3 Å². The van der Waals surface area contributed by atoms with Crippen LogP contribution in [0.2, 0.25) is 0 Å². The SMILES string of the molecule is COCC(N)C(CO)N1CCC(C)C(OC)C1. The maximum atomic E-state index is 9.48. The van der Waals surface area contributed by atoms with E-state index in [1.54, 1.807) is 14.2 Å². The number of hydrogen-bond acceptors (Lipinski definition) is 5. The van der Waals surface area contributed by atoms with Crippen molar-refractivity contribution < 1.29 is 14.6 Å². The van der Waals surface area contributed by atoms with Crippen LogP contribution in [0, 0.1) is 5.92 Å². The first-order valence-electron chi connectivity index (χ1n) is 6.26. The minimum Gasteiger partial charge on any atom is -0.395 e. The third kappa shape index (κ3) is 3.89. The predicted molar refractivity (Wildman–Crippen MR) is 66.9 cm³/mol. The van der Waals surface area contributed by atoms with Gasteiger partial charge in [-0.3, -0.25) is 4.90 Å². The van der Waals surface area contributed by atoms with Gasteiger partial charge in [-0.05, 0) is 18.9 Å². The molecule has 4 atom stereocenters. The minimum atomic E-state index is -0.157. The molecule has 0 saturated carbocycles. The largest absolute Gasteiger partial charge is 0.395 e. The van der Waals surface area contributed by atoms with E-state index in [1.165, 1.54) is 0 Å². The van der Waals surface area contributed by atoms with Gasteiger partial charge in [0.1, 0.15) is 0 Å². The van der Waals surface area contributed by atoms with Gasteiger partial charge in [-0.15, -0.1) is 0 Å². The smallest absolute Gasteiger partial charge is 0.0724 e. The third-order valence-electron chi connectivity index (χ3n) is 3.73. The van der Waals surface area contributed by atoms with Crippen LogP contribution in [-0.4, -0.2) is 68.7 Å². The van der Waals surface area contributed by atoms with Gasteiger partial charge in [0.25, 0.3) is 0 Å². The Bertz CT molecular complexity index is 216. The van der Waals surface area contributed by atoms with Crippen LogP contribution >= 0.6 is 0 Å². The number of rotatable bonds is 6. The van der Waals surface area contributed by atoms with Crippen LogP contribution in [0.4, 0.5) is 0 Å². The average molecular weight is 246 g/mol. The van der Waals surface area contributed by atoms with E-state index in [2.05, 4.69) is 11.8 Å². The Morgan fingerprint density at radius 2 is 2.18 bits per heavy atom. The molecule has 0 aromatic rings. The van der Waals surface area contributed by atoms with Crippen molar-refractivity contribution in [1.82, 2.24) is 4.90 Å². The Hall–Kier alpha value is -0.200. The van der Waals surface area contributed by atoms with E-state index >= 15 is 0 Å². The summed E-state index contributed by atoms with van der Waals surface area (Å²) in [4.78, 5) is 2.22. The Morgan fingerprint density at radius 1 is 1.47 bits per heavy atom. The molecular weight excluding hydrogens is 220 g/mol. The number of nitrogens with zero attached hydrogens (tertiary/aromatic N) is 1. The Morgan fingerprint density at radius 3 is 2.71 bits per heavy atom. The van der Waals surface area contributed by atoms with Gasteiger partial charge in [-0.2, -0.15) is 0 Å². The number of nitrogens with two attached hydrogens (primary N) is 1. The number of aliphatic hydroxyl groups is 1. The zero-order valence-electron chi connectivity index (χ0n) is 11.1. The Kier molecular flexibility index (Phi) is 6.37. The van der Waals surface area contributed by atoms with Crippen molar-refractivity contribution in [2.75, 3.05) is 40.5 Å². The van der Waals surface area contributed by atoms with E-state index < -0.39 is 0 Å². The summed E-state index contributed by atoms with van der Waals surface area (Å²) in [5.74, 6) is 0.564. The standard InChI is InChI=1S/C12H26N2O3/c1-9-4-5-14(6-12(9)17-3)11(7-15)10(13)8-16-2/h9-12,15H,4-8,13H2,1-3H3. The molecule has 1 aliphatic rings. The van der Waals surface area contributed by atoms with Crippen molar-refractivity contribution in [1.29, 1.82) is 0 Å². The zero-order chi connectivity index (χ0) is 12.8. The molecule has 5 nitrogen and oxygen atoms in total. The second kappa shape index (κ2) is 7.28. The van der Waals surface area contributed by atoms with Gasteiger partial charge in [-0.1, -0.05) is 6.92 Å². The summed E-state index contributed by atoms with van der Waals surface area (Å²) in [7, 11) is 3.37. The molecule has 3 N–H and O–H groups in total. The fourth-order valence-corrected chi connectivity index (χ4v) is 2.49. The molecule has 5 heteroatoms. The monoisotopic (exact) mass is 246 g/mol. The van der Waals surface area contributed by atoms with E-state index in [4.69, 9.17) is 15.2 Å². The van der Waals surface area contributed by atoms with E-state index in [1.807, 2.05) is 0 Å². The van der Waals surface area contributed by atoms with Gasteiger partial charge in [-0.25, -0.2) is 0 Å². The van der Waals surface area contributed by atoms with Crippen molar-refractivity contribution in [2.24, 2.45) is 11.7 Å². The molecule has 0 aromatic carbocycles. The first kappa shape index (κ1) is 14.9. The molecule has 0 bridgehead atoms. The summed E-state index contributed by atoms with van der Waals surface area (Å²) in [5.41, 5.74) is 6.02. The Labute approximate surface area is 104 Å². The van der Waals surface area contributed by atoms with Crippen molar-refractivity contribution in [3.05, 3.63) is 0 Å². The Balaban J connectivity index is 2.57. The summed E-state index contributed by atoms with van der Waals surface area (Å²) in [6.07, 6.45) is 1.31. The van der Waals surface area contributed by atoms with Crippen LogP contribution in [0.1, 0.15) is 13.3 Å². The maximum absolute atomic E-state index is 9.48. The van der Waals surface area contributed by atoms with E-state index in [0.29, 0.717) is 12.5 Å². The summed E-state index contributed by atoms with van der Waals surface area (Å²) in [6, 6.07) is -0.198. The summed E-state index contributed by atoms with van der Waals surface area (Å²) < 4.78 is 10.5. The number of likely N-dealkylation sites (tertiary alicyclic amines) is 1. The lowest BCUT2D eigenvalue weighted by Gasteiger charge is -2.41. The molecule has 1 rings (SSSR count). The maximum Gasteiger partial charge on any atom is 0.0724 e. The molecule has 0 amide bonds. The quantitative estimate of drug-likeness (QED) is 0.672. The van der Waals surface area contributed by atoms with Crippen molar-refractivity contribution in [2.45, 2.75) is 31.5 Å². The molecule has 0 radical (unpaired) electrons. The lowest BCUT2D eigenvalue weighted by Crippen LogP contribution is -2.57. The van der Waals surface area contributed by atoms with Gasteiger partial charge in [0.05, 0.1) is 25.4 Å². The van der Waals surface area contributed by atoms with E-state index in [0.717, 1.165) is 19.5 Å². The molecule has 0 aliphatic carbocycles. The van der Waals surface area contributed by atoms with Gasteiger partial charge in [0.2, 0.25) is 0 Å². The molecular formula is C12H26N2O3. The summed E-state index contributed by atoms with van der Waals surface area (Å²) >= 11 is 0. The number of ether oxygens (including phenoxy) is 2. The molecule has 17 heavy (non-hydrogen) atoms. The molecule has 0 spiro atoms. The lowest BCUT2D eigenvalue weighted by atomic mass is 9.93. The van der Waals surface area contributed by atoms with E-state index in [-0.39, 0.29) is 24.8 Å². The van der Waals surface area contributed by atoms with Crippen LogP contribution in [-0.2, 0) is 9.47 Å². The average Bonchev–Trinajstić information content (AvgIpc) is 2.32. The molecule has 4 unspecified atom stereocenters. The van der Waals surface area contributed by atoms with Crippen molar-refractivity contribution in [3.63, 3.8) is 0 Å². The molecule has 0 aromatic heterocycles. The fourth-order valence-electron chi connectivity index (χ4n) is 2.49. The second-order valence-corrected chi connectivity index (χ2v) is 4.90. The van der Waals surface area contributed by atoms with Crippen LogP contribution in [0.15, 0.2) is 0 Å². The van der Waals surface area contributed by atoms with Crippen LogP contribution < -0.4 is 5.73 Å². The highest BCUT2D eigenvalue weighted by Crippen LogP contribution is 2.21. The topological polar surface area (TPSA) is 68.0 Å². The lowest BCUT2D eigenvalue weighted by molar-refractivity contribution is -0.0359. The number of piperidine rings is 1. The normalized spacial score (nSPS) is 30.2. The van der Waals surface area contributed by atoms with Crippen molar-refractivity contribution in [3.8, 4) is 0 Å². The van der Waals surface area contributed by atoms with Crippen LogP contribution in [0.5, 0.6) is 0 Å². The number of aliphatic hydroxyl groups excluding tert-OH is 1. The van der Waals surface area contributed by atoms with Gasteiger partial charge >= 0.3 is 0 Å². The van der Waals surface area contributed by atoms with Crippen molar-refractivity contribution >= 4 is 0 Å². The fraction of sp³-hybridized carbons (Fsp3) is 1.00. The van der Waals surface area contributed by atoms with E-state index in [9.17, 15) is 5.11 Å². The van der Waals surface area contributed by atoms with Gasteiger partial charge in [0, 0.05) is 26.8 Å². The highest BCUT2D eigenvalue weighted by molar-refractivity contribution is 4.87.